The summed E-state index contributed by atoms with van der Waals surface area (Å²) in [4.78, 5) is 27.6. The van der Waals surface area contributed by atoms with Crippen LogP contribution < -0.4 is 14.8 Å². The van der Waals surface area contributed by atoms with Gasteiger partial charge in [-0.1, -0.05) is 30.9 Å². The van der Waals surface area contributed by atoms with Gasteiger partial charge < -0.3 is 19.7 Å². The third-order valence-electron chi connectivity index (χ3n) is 6.67. The number of piperidine rings is 1. The minimum Gasteiger partial charge on any atom is -0.454 e. The lowest BCUT2D eigenvalue weighted by molar-refractivity contribution is 0.0521. The fourth-order valence-corrected chi connectivity index (χ4v) is 5.22. The van der Waals surface area contributed by atoms with E-state index in [9.17, 15) is 9.59 Å². The van der Waals surface area contributed by atoms with Gasteiger partial charge in [-0.2, -0.15) is 0 Å². The van der Waals surface area contributed by atoms with E-state index in [1.165, 1.54) is 25.7 Å². The number of halogens is 1. The summed E-state index contributed by atoms with van der Waals surface area (Å²) in [6.07, 6.45) is 6.18. The minimum absolute atomic E-state index is 0.0253. The van der Waals surface area contributed by atoms with Gasteiger partial charge in [0.2, 0.25) is 6.79 Å². The molecule has 1 saturated carbocycles. The molecule has 31 heavy (non-hydrogen) atoms. The molecule has 2 fully saturated rings. The van der Waals surface area contributed by atoms with E-state index in [0.29, 0.717) is 39.3 Å². The second-order valence-electron chi connectivity index (χ2n) is 8.56. The van der Waals surface area contributed by atoms with Gasteiger partial charge in [-0.3, -0.25) is 9.59 Å². The summed E-state index contributed by atoms with van der Waals surface area (Å²) in [7, 11) is 0. The van der Waals surface area contributed by atoms with Gasteiger partial charge in [0, 0.05) is 24.3 Å². The normalized spacial score (nSPS) is 22.0. The van der Waals surface area contributed by atoms with Crippen molar-refractivity contribution in [1.82, 2.24) is 4.90 Å². The summed E-state index contributed by atoms with van der Waals surface area (Å²) < 4.78 is 10.6. The highest BCUT2D eigenvalue weighted by atomic mass is 35.5. The Hall–Kier alpha value is -2.73. The fraction of sp³-hybridized carbons (Fsp3) is 0.417. The number of carbonyl (C=O) groups excluding carboxylic acids is 2. The lowest BCUT2D eigenvalue weighted by Gasteiger charge is -2.41. The number of nitrogens with zero attached hydrogens (tertiary/aromatic N) is 1. The van der Waals surface area contributed by atoms with Gasteiger partial charge in [-0.25, -0.2) is 0 Å². The molecule has 2 amide bonds. The van der Waals surface area contributed by atoms with Crippen LogP contribution in [0.5, 0.6) is 11.5 Å². The maximum absolute atomic E-state index is 13.1. The predicted molar refractivity (Wildman–Crippen MR) is 118 cm³/mol. The Morgan fingerprint density at radius 1 is 0.968 bits per heavy atom. The van der Waals surface area contributed by atoms with E-state index in [0.717, 1.165) is 25.4 Å². The third kappa shape index (κ3) is 4.09. The third-order valence-corrected chi connectivity index (χ3v) is 6.98. The number of nitrogens with one attached hydrogen (secondary N) is 1. The van der Waals surface area contributed by atoms with Crippen LogP contribution in [0.2, 0.25) is 5.02 Å². The zero-order valence-electron chi connectivity index (χ0n) is 17.2. The molecule has 2 aromatic carbocycles. The largest absolute Gasteiger partial charge is 0.454 e. The average molecular weight is 441 g/mol. The highest BCUT2D eigenvalue weighted by molar-refractivity contribution is 6.34. The first-order valence-corrected chi connectivity index (χ1v) is 11.3. The molecule has 5 rings (SSSR count). The Kier molecular flexibility index (Phi) is 5.48. The van der Waals surface area contributed by atoms with E-state index in [1.54, 1.807) is 36.4 Å². The maximum atomic E-state index is 13.1. The highest BCUT2D eigenvalue weighted by Crippen LogP contribution is 2.37. The van der Waals surface area contributed by atoms with Crippen LogP contribution in [0.1, 0.15) is 52.8 Å². The summed E-state index contributed by atoms with van der Waals surface area (Å²) in [5, 5.41) is 3.17. The van der Waals surface area contributed by atoms with Crippen molar-refractivity contribution in [3.63, 3.8) is 0 Å². The van der Waals surface area contributed by atoms with Gasteiger partial charge in [0.15, 0.2) is 11.5 Å². The van der Waals surface area contributed by atoms with Gasteiger partial charge in [-0.15, -0.1) is 0 Å². The second-order valence-corrected chi connectivity index (χ2v) is 8.97. The number of benzene rings is 2. The van der Waals surface area contributed by atoms with E-state index in [4.69, 9.17) is 21.1 Å². The topological polar surface area (TPSA) is 67.9 Å². The molecule has 2 heterocycles. The number of ether oxygens (including phenoxy) is 2. The van der Waals surface area contributed by atoms with Crippen molar-refractivity contribution in [3.8, 4) is 11.5 Å². The Balaban J connectivity index is 1.26. The predicted octanol–water partition coefficient (Wildman–Crippen LogP) is 4.97. The zero-order chi connectivity index (χ0) is 21.4. The van der Waals surface area contributed by atoms with Gasteiger partial charge in [0.1, 0.15) is 0 Å². The number of likely N-dealkylation sites (tertiary alicyclic amines) is 1. The van der Waals surface area contributed by atoms with Crippen LogP contribution >= 0.6 is 11.6 Å². The molecule has 0 radical (unpaired) electrons. The molecule has 2 unspecified atom stereocenters. The summed E-state index contributed by atoms with van der Waals surface area (Å²) in [6, 6.07) is 10.1. The molecule has 0 aromatic heterocycles. The van der Waals surface area contributed by atoms with Crippen LogP contribution in [0.15, 0.2) is 36.4 Å². The molecule has 1 saturated heterocycles. The van der Waals surface area contributed by atoms with Crippen LogP contribution in [0.25, 0.3) is 0 Å². The first-order valence-electron chi connectivity index (χ1n) is 10.9. The molecule has 0 bridgehead atoms. The molecule has 0 spiro atoms. The summed E-state index contributed by atoms with van der Waals surface area (Å²) in [5.74, 6) is 2.25. The standard InChI is InChI=1S/C24H25ClN2O4/c25-20-12-18(26-23(28)16-5-8-21-22(11-16)31-14-30-21)6-7-19(20)24(29)27-10-9-15-3-1-2-4-17(15)13-27/h5-8,11-12,15,17H,1-4,9-10,13-14H2,(H,26,28). The van der Waals surface area contributed by atoms with Gasteiger partial charge >= 0.3 is 0 Å². The molecule has 1 aliphatic carbocycles. The quantitative estimate of drug-likeness (QED) is 0.731. The van der Waals surface area contributed by atoms with E-state index in [2.05, 4.69) is 5.32 Å². The van der Waals surface area contributed by atoms with E-state index < -0.39 is 0 Å². The van der Waals surface area contributed by atoms with Crippen molar-refractivity contribution in [2.75, 3.05) is 25.2 Å². The van der Waals surface area contributed by atoms with E-state index in [1.807, 2.05) is 4.90 Å². The van der Waals surface area contributed by atoms with Crippen LogP contribution in [0, 0.1) is 11.8 Å². The number of carbonyl (C=O) groups is 2. The van der Waals surface area contributed by atoms with Crippen LogP contribution in [-0.4, -0.2) is 36.6 Å². The summed E-state index contributed by atoms with van der Waals surface area (Å²) >= 11 is 6.45. The molecule has 7 heteroatoms. The average Bonchev–Trinajstić information content (AvgIpc) is 3.26. The molecule has 6 nitrogen and oxygen atoms in total. The summed E-state index contributed by atoms with van der Waals surface area (Å²) in [5.41, 5.74) is 1.48. The Morgan fingerprint density at radius 2 is 1.77 bits per heavy atom. The maximum Gasteiger partial charge on any atom is 0.255 e. The number of amides is 2. The van der Waals surface area contributed by atoms with Gasteiger partial charge in [0.05, 0.1) is 10.6 Å². The van der Waals surface area contributed by atoms with E-state index >= 15 is 0 Å². The molecule has 3 aliphatic rings. The minimum atomic E-state index is -0.284. The Morgan fingerprint density at radius 3 is 2.61 bits per heavy atom. The zero-order valence-corrected chi connectivity index (χ0v) is 18.0. The monoisotopic (exact) mass is 440 g/mol. The Bertz CT molecular complexity index is 1020. The first-order chi connectivity index (χ1) is 15.1. The van der Waals surface area contributed by atoms with Crippen LogP contribution in [-0.2, 0) is 0 Å². The van der Waals surface area contributed by atoms with Crippen LogP contribution in [0.4, 0.5) is 5.69 Å². The second kappa shape index (κ2) is 8.42. The molecule has 1 N–H and O–H groups in total. The highest BCUT2D eigenvalue weighted by Gasteiger charge is 2.33. The van der Waals surface area contributed by atoms with Crippen molar-refractivity contribution in [1.29, 1.82) is 0 Å². The van der Waals surface area contributed by atoms with Crippen molar-refractivity contribution in [2.45, 2.75) is 32.1 Å². The van der Waals surface area contributed by atoms with Gasteiger partial charge in [0.25, 0.3) is 11.8 Å². The van der Waals surface area contributed by atoms with Crippen molar-refractivity contribution >= 4 is 29.1 Å². The Labute approximate surface area is 186 Å². The van der Waals surface area contributed by atoms with Crippen molar-refractivity contribution < 1.29 is 19.1 Å². The molecule has 2 aliphatic heterocycles. The fourth-order valence-electron chi connectivity index (χ4n) is 4.96. The van der Waals surface area contributed by atoms with Crippen molar-refractivity contribution in [2.24, 2.45) is 11.8 Å². The number of hydrogen-bond donors (Lipinski definition) is 1. The molecular formula is C24H25ClN2O4. The molecule has 162 valence electrons. The lowest BCUT2D eigenvalue weighted by Crippen LogP contribution is -2.44. The molecule has 2 aromatic rings. The van der Waals surface area contributed by atoms with Crippen molar-refractivity contribution in [3.05, 3.63) is 52.5 Å². The number of rotatable bonds is 3. The SMILES string of the molecule is O=C(Nc1ccc(C(=O)N2CCC3CCCCC3C2)c(Cl)c1)c1ccc2c(c1)OCO2. The number of hydrogen-bond acceptors (Lipinski definition) is 4. The van der Waals surface area contributed by atoms with Gasteiger partial charge in [-0.05, 0) is 61.1 Å². The van der Waals surface area contributed by atoms with Crippen LogP contribution in [0.3, 0.4) is 0 Å². The summed E-state index contributed by atoms with van der Waals surface area (Å²) in [6.45, 7) is 1.77. The van der Waals surface area contributed by atoms with E-state index in [-0.39, 0.29) is 18.6 Å². The molecular weight excluding hydrogens is 416 g/mol. The number of anilines is 1. The lowest BCUT2D eigenvalue weighted by atomic mass is 9.75. The number of fused-ring (bicyclic) bond motifs is 2. The molecule has 2 atom stereocenters. The first kappa shape index (κ1) is 20.2. The smallest absolute Gasteiger partial charge is 0.255 e.